The Hall–Kier alpha value is -3.03. The molecule has 180 valence electrons. The molecule has 6 atom stereocenters. The summed E-state index contributed by atoms with van der Waals surface area (Å²) in [6.07, 6.45) is -7.56. The Kier molecular flexibility index (Phi) is 7.05. The Morgan fingerprint density at radius 3 is 2.61 bits per heavy atom. The summed E-state index contributed by atoms with van der Waals surface area (Å²) in [4.78, 5) is 35.5. The summed E-state index contributed by atoms with van der Waals surface area (Å²) in [5, 5.41) is 53.0. The number of carboxylic acids is 1. The first kappa shape index (κ1) is 24.6. The minimum Gasteiger partial charge on any atom is -0.476 e. The highest BCUT2D eigenvalue weighted by Crippen LogP contribution is 2.35. The van der Waals surface area contributed by atoms with E-state index in [1.54, 1.807) is 13.0 Å². The summed E-state index contributed by atoms with van der Waals surface area (Å²) in [7, 11) is 0. The molecule has 2 aromatic rings. The molecule has 0 aliphatic carbocycles. The lowest BCUT2D eigenvalue weighted by molar-refractivity contribution is -0.284. The van der Waals surface area contributed by atoms with E-state index < -0.39 is 66.8 Å². The van der Waals surface area contributed by atoms with Crippen LogP contribution < -0.4 is 15.7 Å². The van der Waals surface area contributed by atoms with Crippen molar-refractivity contribution in [2.45, 2.75) is 56.5 Å². The van der Waals surface area contributed by atoms with Crippen molar-refractivity contribution in [2.75, 3.05) is 6.61 Å². The van der Waals surface area contributed by atoms with Gasteiger partial charge in [0, 0.05) is 24.4 Å². The largest absolute Gasteiger partial charge is 0.476 e. The lowest BCUT2D eigenvalue weighted by Gasteiger charge is -2.46. The normalized spacial score (nSPS) is 27.0. The minimum atomic E-state index is -2.55. The molecule has 0 unspecified atom stereocenters. The van der Waals surface area contributed by atoms with E-state index in [1.165, 1.54) is 18.2 Å². The van der Waals surface area contributed by atoms with E-state index in [9.17, 15) is 39.9 Å². The predicted molar refractivity (Wildman–Crippen MR) is 110 cm³/mol. The van der Waals surface area contributed by atoms with Crippen molar-refractivity contribution in [3.63, 3.8) is 0 Å². The second-order valence-corrected chi connectivity index (χ2v) is 7.89. The lowest BCUT2D eigenvalue weighted by Crippen LogP contribution is -2.68. The molecule has 1 aromatic carbocycles. The van der Waals surface area contributed by atoms with Gasteiger partial charge in [-0.3, -0.25) is 4.79 Å². The summed E-state index contributed by atoms with van der Waals surface area (Å²) in [6.45, 7) is 1.94. The van der Waals surface area contributed by atoms with Crippen LogP contribution in [0.2, 0.25) is 0 Å². The maximum atomic E-state index is 12.2. The van der Waals surface area contributed by atoms with Gasteiger partial charge < -0.3 is 44.7 Å². The summed E-state index contributed by atoms with van der Waals surface area (Å²) in [5.74, 6) is -4.90. The molecule has 1 amide bonds. The zero-order chi connectivity index (χ0) is 24.5. The molecule has 12 heteroatoms. The number of benzene rings is 1. The number of aryl methyl sites for hydroxylation is 1. The Bertz CT molecular complexity index is 1100. The third-order valence-electron chi connectivity index (χ3n) is 5.39. The Labute approximate surface area is 187 Å². The van der Waals surface area contributed by atoms with Gasteiger partial charge in [-0.25, -0.2) is 9.59 Å². The fourth-order valence-electron chi connectivity index (χ4n) is 3.79. The molecule has 2 heterocycles. The van der Waals surface area contributed by atoms with Crippen molar-refractivity contribution in [3.8, 4) is 5.75 Å². The van der Waals surface area contributed by atoms with Crippen molar-refractivity contribution >= 4 is 22.8 Å². The molecule has 0 bridgehead atoms. The van der Waals surface area contributed by atoms with Crippen LogP contribution in [0.25, 0.3) is 11.0 Å². The predicted octanol–water partition coefficient (Wildman–Crippen LogP) is -1.37. The Morgan fingerprint density at radius 2 is 2.00 bits per heavy atom. The van der Waals surface area contributed by atoms with Gasteiger partial charge in [-0.15, -0.1) is 0 Å². The molecular weight excluding hydrogens is 442 g/mol. The highest BCUT2D eigenvalue weighted by Gasteiger charge is 2.56. The Morgan fingerprint density at radius 1 is 1.30 bits per heavy atom. The van der Waals surface area contributed by atoms with Crippen LogP contribution >= 0.6 is 0 Å². The molecule has 12 nitrogen and oxygen atoms in total. The number of hydrogen-bond acceptors (Lipinski definition) is 10. The molecule has 1 fully saturated rings. The number of aliphatic hydroxyl groups is 4. The van der Waals surface area contributed by atoms with Crippen LogP contribution in [-0.4, -0.2) is 80.3 Å². The SMILES string of the molecule is CC(=O)N[C@H]1[C@@H]([C@@H](O)[C@@H](O)CO)O[C@](Oc2ccc3c(C)cc(=O)oc3c2)(C(=O)O)C[C@@H]1O. The van der Waals surface area contributed by atoms with E-state index in [0.29, 0.717) is 10.9 Å². The first-order chi connectivity index (χ1) is 15.5. The summed E-state index contributed by atoms with van der Waals surface area (Å²) in [5.41, 5.74) is 0.135. The van der Waals surface area contributed by atoms with E-state index in [1.807, 2.05) is 0 Å². The van der Waals surface area contributed by atoms with Crippen LogP contribution in [0.1, 0.15) is 18.9 Å². The number of amides is 1. The number of carbonyl (C=O) groups excluding carboxylic acids is 1. The molecule has 0 radical (unpaired) electrons. The van der Waals surface area contributed by atoms with E-state index in [2.05, 4.69) is 5.32 Å². The Balaban J connectivity index is 2.01. The number of aliphatic hydroxyl groups excluding tert-OH is 4. The number of rotatable bonds is 7. The third-order valence-corrected chi connectivity index (χ3v) is 5.39. The summed E-state index contributed by atoms with van der Waals surface area (Å²) >= 11 is 0. The fourth-order valence-corrected chi connectivity index (χ4v) is 3.79. The molecule has 1 aliphatic heterocycles. The average Bonchev–Trinajstić information content (AvgIpc) is 2.73. The number of carbonyl (C=O) groups is 2. The van der Waals surface area contributed by atoms with Crippen molar-refractivity contribution in [1.29, 1.82) is 0 Å². The number of fused-ring (bicyclic) bond motifs is 1. The van der Waals surface area contributed by atoms with Gasteiger partial charge in [0.05, 0.1) is 25.2 Å². The van der Waals surface area contributed by atoms with E-state index in [0.717, 1.165) is 6.92 Å². The van der Waals surface area contributed by atoms with Gasteiger partial charge in [0.25, 0.3) is 0 Å². The molecule has 33 heavy (non-hydrogen) atoms. The van der Waals surface area contributed by atoms with Gasteiger partial charge in [-0.05, 0) is 24.6 Å². The van der Waals surface area contributed by atoms with Crippen LogP contribution in [0, 0.1) is 6.92 Å². The van der Waals surface area contributed by atoms with Gasteiger partial charge in [-0.1, -0.05) is 0 Å². The first-order valence-electron chi connectivity index (χ1n) is 10.0. The second-order valence-electron chi connectivity index (χ2n) is 7.89. The van der Waals surface area contributed by atoms with Gasteiger partial charge in [0.15, 0.2) is 0 Å². The molecule has 0 saturated carbocycles. The third kappa shape index (κ3) is 4.99. The molecule has 3 rings (SSSR count). The zero-order valence-electron chi connectivity index (χ0n) is 17.8. The number of carboxylic acid groups (broad SMARTS) is 1. The van der Waals surface area contributed by atoms with E-state index in [-0.39, 0.29) is 11.3 Å². The average molecular weight is 467 g/mol. The number of nitrogens with one attached hydrogen (secondary N) is 1. The van der Waals surface area contributed by atoms with Crippen molar-refractivity contribution < 1.29 is 49.0 Å². The molecule has 1 aliphatic rings. The van der Waals surface area contributed by atoms with Gasteiger partial charge >= 0.3 is 17.4 Å². The molecule has 1 saturated heterocycles. The van der Waals surface area contributed by atoms with Crippen LogP contribution in [0.4, 0.5) is 0 Å². The quantitative estimate of drug-likeness (QED) is 0.263. The van der Waals surface area contributed by atoms with Crippen LogP contribution in [0.15, 0.2) is 33.5 Å². The van der Waals surface area contributed by atoms with Crippen LogP contribution in [0.3, 0.4) is 0 Å². The number of ether oxygens (including phenoxy) is 2. The van der Waals surface area contributed by atoms with Crippen LogP contribution in [0.5, 0.6) is 5.75 Å². The van der Waals surface area contributed by atoms with Crippen LogP contribution in [-0.2, 0) is 14.3 Å². The monoisotopic (exact) mass is 467 g/mol. The fraction of sp³-hybridized carbons (Fsp3) is 0.476. The topological polar surface area (TPSA) is 196 Å². The van der Waals surface area contributed by atoms with E-state index >= 15 is 0 Å². The molecular formula is C21H25NO11. The summed E-state index contributed by atoms with van der Waals surface area (Å²) in [6, 6.07) is 4.21. The highest BCUT2D eigenvalue weighted by atomic mass is 16.7. The molecule has 0 spiro atoms. The van der Waals surface area contributed by atoms with Gasteiger partial charge in [0.2, 0.25) is 5.91 Å². The van der Waals surface area contributed by atoms with Gasteiger partial charge in [0.1, 0.15) is 29.6 Å². The number of hydrogen-bond donors (Lipinski definition) is 6. The maximum absolute atomic E-state index is 12.2. The van der Waals surface area contributed by atoms with Crippen molar-refractivity contribution in [1.82, 2.24) is 5.32 Å². The first-order valence-corrected chi connectivity index (χ1v) is 10.0. The number of aliphatic carboxylic acids is 1. The molecule has 6 N–H and O–H groups in total. The smallest absolute Gasteiger partial charge is 0.377 e. The minimum absolute atomic E-state index is 0.0835. The highest BCUT2D eigenvalue weighted by molar-refractivity contribution is 5.82. The van der Waals surface area contributed by atoms with E-state index in [4.69, 9.17) is 13.9 Å². The van der Waals surface area contributed by atoms with Gasteiger partial charge in [-0.2, -0.15) is 0 Å². The van der Waals surface area contributed by atoms with Crippen molar-refractivity contribution in [3.05, 3.63) is 40.2 Å². The zero-order valence-corrected chi connectivity index (χ0v) is 17.8. The molecule has 1 aromatic heterocycles. The van der Waals surface area contributed by atoms with Crippen molar-refractivity contribution in [2.24, 2.45) is 0 Å². The lowest BCUT2D eigenvalue weighted by atomic mass is 9.88. The maximum Gasteiger partial charge on any atom is 0.377 e. The summed E-state index contributed by atoms with van der Waals surface area (Å²) < 4.78 is 16.3. The second kappa shape index (κ2) is 9.45. The standard InChI is InChI=1S/C21H25NO11/c1-9-5-16(27)31-15-6-11(3-4-12(9)15)32-21(20(29)30)7-13(25)17(22-10(2)24)19(33-21)18(28)14(26)8-23/h3-6,13-14,17-19,23,25-26,28H,7-8H2,1-2H3,(H,22,24)(H,29,30)/t13-,14-,17+,18-,19-,21-/m0/s1.